The summed E-state index contributed by atoms with van der Waals surface area (Å²) in [5.41, 5.74) is -0.121. The topological polar surface area (TPSA) is 107 Å². The number of carboxylic acids is 1. The average Bonchev–Trinajstić information content (AvgIpc) is 2.59. The first-order chi connectivity index (χ1) is 11.8. The third kappa shape index (κ3) is 4.10. The Morgan fingerprint density at radius 1 is 1.20 bits per heavy atom. The lowest BCUT2D eigenvalue weighted by atomic mass is 9.97. The van der Waals surface area contributed by atoms with Crippen molar-refractivity contribution in [3.05, 3.63) is 73.7 Å². The molecule has 2 aromatic rings. The molecule has 0 aromatic heterocycles. The molecule has 0 saturated carbocycles. The molecule has 2 rings (SSSR count). The number of nitro groups is 1. The normalized spacial score (nSPS) is 11.0. The number of aromatic carboxylic acids is 1. The lowest BCUT2D eigenvalue weighted by molar-refractivity contribution is -0.384. The number of methoxy groups -OCH3 is 1. The van der Waals surface area contributed by atoms with Gasteiger partial charge < -0.3 is 9.84 Å². The van der Waals surface area contributed by atoms with Crippen LogP contribution in [0.5, 0.6) is 0 Å². The van der Waals surface area contributed by atoms with Gasteiger partial charge in [0.25, 0.3) is 5.69 Å². The van der Waals surface area contributed by atoms with Crippen LogP contribution in [0.15, 0.2) is 46.9 Å². The van der Waals surface area contributed by atoms with E-state index in [-0.39, 0.29) is 22.4 Å². The van der Waals surface area contributed by atoms with Gasteiger partial charge in [0.1, 0.15) is 0 Å². The van der Waals surface area contributed by atoms with Gasteiger partial charge in [0.05, 0.1) is 23.2 Å². The maximum absolute atomic E-state index is 12.2. The van der Waals surface area contributed by atoms with Crippen LogP contribution in [0.3, 0.4) is 0 Å². The number of nitrogens with zero attached hydrogens (tertiary/aromatic N) is 1. The maximum atomic E-state index is 12.2. The van der Waals surface area contributed by atoms with E-state index in [2.05, 4.69) is 15.9 Å². The van der Waals surface area contributed by atoms with Gasteiger partial charge in [-0.15, -0.1) is 0 Å². The third-order valence-corrected chi connectivity index (χ3v) is 4.07. The van der Waals surface area contributed by atoms with Crippen LogP contribution in [0.25, 0.3) is 11.6 Å². The SMILES string of the molecule is COC(=O)/C(=C/c1ccccc1Br)c1ccc([N+](=O)[O-])cc1C(=O)O. The Hall–Kier alpha value is -3.00. The van der Waals surface area contributed by atoms with Crippen molar-refractivity contribution in [2.75, 3.05) is 7.11 Å². The van der Waals surface area contributed by atoms with Crippen LogP contribution < -0.4 is 0 Å². The van der Waals surface area contributed by atoms with E-state index < -0.39 is 16.9 Å². The molecule has 7 nitrogen and oxygen atoms in total. The van der Waals surface area contributed by atoms with Gasteiger partial charge in [0, 0.05) is 22.2 Å². The second-order valence-electron chi connectivity index (χ2n) is 4.86. The standard InChI is InChI=1S/C17H12BrNO6/c1-25-17(22)14(8-10-4-2-3-5-15(10)18)12-7-6-11(19(23)24)9-13(12)16(20)21/h2-9H,1H3,(H,20,21)/b14-8+. The second-order valence-corrected chi connectivity index (χ2v) is 5.72. The summed E-state index contributed by atoms with van der Waals surface area (Å²) in [6.07, 6.45) is 1.46. The smallest absolute Gasteiger partial charge is 0.338 e. The highest BCUT2D eigenvalue weighted by Gasteiger charge is 2.23. The molecule has 0 aliphatic heterocycles. The fourth-order valence-corrected chi connectivity index (χ4v) is 2.56. The molecule has 0 fully saturated rings. The number of non-ortho nitro benzene ring substituents is 1. The van der Waals surface area contributed by atoms with Crippen LogP contribution in [0.2, 0.25) is 0 Å². The number of esters is 1. The average molecular weight is 406 g/mol. The molecule has 2 aromatic carbocycles. The van der Waals surface area contributed by atoms with Gasteiger partial charge in [0.15, 0.2) is 0 Å². The minimum atomic E-state index is -1.39. The van der Waals surface area contributed by atoms with E-state index in [0.717, 1.165) is 12.1 Å². The molecule has 0 saturated heterocycles. The fraction of sp³-hybridized carbons (Fsp3) is 0.0588. The van der Waals surface area contributed by atoms with Crippen molar-refractivity contribution in [3.63, 3.8) is 0 Å². The Balaban J connectivity index is 2.71. The highest BCUT2D eigenvalue weighted by molar-refractivity contribution is 9.10. The van der Waals surface area contributed by atoms with Crippen molar-refractivity contribution in [3.8, 4) is 0 Å². The first kappa shape index (κ1) is 18.3. The summed E-state index contributed by atoms with van der Waals surface area (Å²) >= 11 is 3.34. The Bertz CT molecular complexity index is 890. The largest absolute Gasteiger partial charge is 0.478 e. The number of ether oxygens (including phenoxy) is 1. The van der Waals surface area contributed by atoms with Gasteiger partial charge in [-0.05, 0) is 23.8 Å². The highest BCUT2D eigenvalue weighted by Crippen LogP contribution is 2.29. The molecule has 0 bridgehead atoms. The summed E-state index contributed by atoms with van der Waals surface area (Å²) in [6.45, 7) is 0. The molecular formula is C17H12BrNO6. The molecule has 0 aliphatic carbocycles. The number of benzene rings is 2. The summed E-state index contributed by atoms with van der Waals surface area (Å²) in [6, 6.07) is 10.3. The van der Waals surface area contributed by atoms with Crippen LogP contribution in [0.4, 0.5) is 5.69 Å². The monoisotopic (exact) mass is 405 g/mol. The van der Waals surface area contributed by atoms with E-state index in [4.69, 9.17) is 4.74 Å². The number of hydrogen-bond acceptors (Lipinski definition) is 5. The van der Waals surface area contributed by atoms with Crippen molar-refractivity contribution >= 4 is 45.2 Å². The number of hydrogen-bond donors (Lipinski definition) is 1. The molecule has 1 N–H and O–H groups in total. The summed E-state index contributed by atoms with van der Waals surface area (Å²) in [5, 5.41) is 20.3. The molecule has 0 heterocycles. The van der Waals surface area contributed by atoms with Crippen molar-refractivity contribution in [2.24, 2.45) is 0 Å². The summed E-state index contributed by atoms with van der Waals surface area (Å²) in [4.78, 5) is 33.9. The number of carbonyl (C=O) groups is 2. The van der Waals surface area contributed by atoms with Gasteiger partial charge in [-0.25, -0.2) is 9.59 Å². The predicted molar refractivity (Wildman–Crippen MR) is 94.1 cm³/mol. The lowest BCUT2D eigenvalue weighted by Crippen LogP contribution is -2.10. The molecule has 0 amide bonds. The van der Waals surface area contributed by atoms with Crippen molar-refractivity contribution in [1.82, 2.24) is 0 Å². The summed E-state index contributed by atoms with van der Waals surface area (Å²) < 4.78 is 5.43. The van der Waals surface area contributed by atoms with Gasteiger partial charge in [-0.2, -0.15) is 0 Å². The zero-order valence-electron chi connectivity index (χ0n) is 12.9. The van der Waals surface area contributed by atoms with Crippen LogP contribution in [0, 0.1) is 10.1 Å². The number of rotatable bonds is 5. The number of carbonyl (C=O) groups excluding carboxylic acids is 1. The van der Waals surface area contributed by atoms with Gasteiger partial charge in [-0.1, -0.05) is 34.1 Å². The zero-order valence-corrected chi connectivity index (χ0v) is 14.5. The quantitative estimate of drug-likeness (QED) is 0.266. The summed E-state index contributed by atoms with van der Waals surface area (Å²) in [7, 11) is 1.17. The van der Waals surface area contributed by atoms with E-state index in [1.165, 1.54) is 19.3 Å². The van der Waals surface area contributed by atoms with Crippen LogP contribution in [0.1, 0.15) is 21.5 Å². The third-order valence-electron chi connectivity index (χ3n) is 3.34. The summed E-state index contributed by atoms with van der Waals surface area (Å²) in [5.74, 6) is -2.15. The molecule has 0 aliphatic rings. The minimum Gasteiger partial charge on any atom is -0.478 e. The van der Waals surface area contributed by atoms with E-state index in [9.17, 15) is 24.8 Å². The first-order valence-electron chi connectivity index (χ1n) is 6.91. The minimum absolute atomic E-state index is 0.0262. The van der Waals surface area contributed by atoms with Gasteiger partial charge in [-0.3, -0.25) is 10.1 Å². The molecule has 0 unspecified atom stereocenters. The second kappa shape index (κ2) is 7.71. The van der Waals surface area contributed by atoms with E-state index >= 15 is 0 Å². The highest BCUT2D eigenvalue weighted by atomic mass is 79.9. The maximum Gasteiger partial charge on any atom is 0.338 e. The first-order valence-corrected chi connectivity index (χ1v) is 7.71. The lowest BCUT2D eigenvalue weighted by Gasteiger charge is -2.10. The van der Waals surface area contributed by atoms with Crippen LogP contribution >= 0.6 is 15.9 Å². The molecule has 128 valence electrons. The van der Waals surface area contributed by atoms with Crippen molar-refractivity contribution < 1.29 is 24.4 Å². The van der Waals surface area contributed by atoms with Crippen LogP contribution in [-0.2, 0) is 9.53 Å². The molecule has 0 radical (unpaired) electrons. The number of halogens is 1. The van der Waals surface area contributed by atoms with Crippen molar-refractivity contribution in [1.29, 1.82) is 0 Å². The molecule has 8 heteroatoms. The predicted octanol–water partition coefficient (Wildman–Crippen LogP) is 3.77. The van der Waals surface area contributed by atoms with Crippen LogP contribution in [-0.4, -0.2) is 29.1 Å². The van der Waals surface area contributed by atoms with Gasteiger partial charge >= 0.3 is 11.9 Å². The number of nitro benzene ring substituents is 1. The molecular weight excluding hydrogens is 394 g/mol. The van der Waals surface area contributed by atoms with E-state index in [1.807, 2.05) is 0 Å². The molecule has 0 atom stereocenters. The van der Waals surface area contributed by atoms with E-state index in [1.54, 1.807) is 24.3 Å². The number of carboxylic acid groups (broad SMARTS) is 1. The Morgan fingerprint density at radius 2 is 1.88 bits per heavy atom. The fourth-order valence-electron chi connectivity index (χ4n) is 2.16. The van der Waals surface area contributed by atoms with Gasteiger partial charge in [0.2, 0.25) is 0 Å². The Labute approximate surface area is 150 Å². The molecule has 0 spiro atoms. The van der Waals surface area contributed by atoms with Crippen molar-refractivity contribution in [2.45, 2.75) is 0 Å². The van der Waals surface area contributed by atoms with E-state index in [0.29, 0.717) is 10.0 Å². The Morgan fingerprint density at radius 3 is 2.44 bits per heavy atom. The zero-order chi connectivity index (χ0) is 18.6. The molecule has 25 heavy (non-hydrogen) atoms. The Kier molecular flexibility index (Phi) is 5.66.